The first-order valence-electron chi connectivity index (χ1n) is 8.56. The van der Waals surface area contributed by atoms with Crippen LogP contribution in [-0.2, 0) is 16.4 Å². The van der Waals surface area contributed by atoms with Gasteiger partial charge < -0.3 is 9.88 Å². The molecule has 4 heterocycles. The number of aliphatic imine (C=N–C) groups is 1. The van der Waals surface area contributed by atoms with E-state index < -0.39 is 9.84 Å². The molecule has 27 heavy (non-hydrogen) atoms. The molecule has 0 unspecified atom stereocenters. The van der Waals surface area contributed by atoms with E-state index in [1.165, 1.54) is 12.5 Å². The van der Waals surface area contributed by atoms with Crippen molar-refractivity contribution in [1.29, 1.82) is 0 Å². The van der Waals surface area contributed by atoms with E-state index in [1.807, 2.05) is 31.2 Å². The minimum atomic E-state index is -3.39. The van der Waals surface area contributed by atoms with Gasteiger partial charge in [-0.3, -0.25) is 9.39 Å². The van der Waals surface area contributed by atoms with Crippen molar-refractivity contribution in [2.75, 3.05) is 25.2 Å². The molecule has 8 nitrogen and oxygen atoms in total. The third-order valence-electron chi connectivity index (χ3n) is 4.52. The highest BCUT2D eigenvalue weighted by atomic mass is 32.2. The van der Waals surface area contributed by atoms with Gasteiger partial charge in [-0.2, -0.15) is 0 Å². The van der Waals surface area contributed by atoms with Crippen molar-refractivity contribution in [1.82, 2.24) is 18.9 Å². The number of nitrogens with zero attached hydrogens (tertiary/aromatic N) is 5. The standard InChI is InChI=1S/C18H20N6O2S/c1-4-5-13(19-2)16-17(23-9-8-20-18(23)22-16)12-6-7-14-21-10-15(24(14)11-12)27(3,25)26/h4-7,10-11H,8-9H2,1-3H3,(H,20,22)/b5-4-,19-13?. The van der Waals surface area contributed by atoms with E-state index in [0.29, 0.717) is 5.65 Å². The number of hydrogen-bond donors (Lipinski definition) is 1. The molecule has 0 saturated heterocycles. The molecule has 1 N–H and O–H groups in total. The van der Waals surface area contributed by atoms with Crippen LogP contribution in [0.4, 0.5) is 5.95 Å². The van der Waals surface area contributed by atoms with Gasteiger partial charge in [0.05, 0.1) is 17.6 Å². The molecule has 0 fully saturated rings. The second-order valence-electron chi connectivity index (χ2n) is 6.33. The SMILES string of the molecule is C/C=C\C(=NC)c1nc2n(c1-c1ccc3ncc(S(C)(=O)=O)n3c1)CCN2. The second-order valence-corrected chi connectivity index (χ2v) is 8.30. The number of aromatic nitrogens is 4. The molecule has 3 aromatic heterocycles. The fourth-order valence-electron chi connectivity index (χ4n) is 3.35. The van der Waals surface area contributed by atoms with Crippen molar-refractivity contribution >= 4 is 27.1 Å². The van der Waals surface area contributed by atoms with Crippen LogP contribution < -0.4 is 5.32 Å². The molecule has 0 atom stereocenters. The number of nitrogens with one attached hydrogen (secondary N) is 1. The van der Waals surface area contributed by atoms with E-state index in [1.54, 1.807) is 17.6 Å². The van der Waals surface area contributed by atoms with Gasteiger partial charge in [-0.15, -0.1) is 0 Å². The van der Waals surface area contributed by atoms with Crippen LogP contribution in [0.15, 0.2) is 46.7 Å². The number of allylic oxidation sites excluding steroid dienone is 2. The summed E-state index contributed by atoms with van der Waals surface area (Å²) < 4.78 is 27.9. The van der Waals surface area contributed by atoms with Crippen LogP contribution in [0.3, 0.4) is 0 Å². The lowest BCUT2D eigenvalue weighted by molar-refractivity contribution is 0.597. The van der Waals surface area contributed by atoms with Gasteiger partial charge >= 0.3 is 0 Å². The summed E-state index contributed by atoms with van der Waals surface area (Å²) in [6, 6.07) is 3.75. The summed E-state index contributed by atoms with van der Waals surface area (Å²) in [5.41, 5.74) is 3.87. The zero-order chi connectivity index (χ0) is 19.2. The molecule has 0 spiro atoms. The van der Waals surface area contributed by atoms with Crippen molar-refractivity contribution in [2.24, 2.45) is 4.99 Å². The predicted molar refractivity (Wildman–Crippen MR) is 105 cm³/mol. The smallest absolute Gasteiger partial charge is 0.204 e. The van der Waals surface area contributed by atoms with Gasteiger partial charge in [-0.25, -0.2) is 18.4 Å². The van der Waals surface area contributed by atoms with Gasteiger partial charge in [0.2, 0.25) is 5.95 Å². The molecule has 0 bridgehead atoms. The summed E-state index contributed by atoms with van der Waals surface area (Å²) in [7, 11) is -1.66. The van der Waals surface area contributed by atoms with Crippen molar-refractivity contribution in [3.05, 3.63) is 42.4 Å². The summed E-state index contributed by atoms with van der Waals surface area (Å²) in [5, 5.41) is 3.44. The number of sulfone groups is 1. The predicted octanol–water partition coefficient (Wildman–Crippen LogP) is 2.02. The molecule has 0 radical (unpaired) electrons. The summed E-state index contributed by atoms with van der Waals surface area (Å²) in [6.07, 6.45) is 8.21. The van der Waals surface area contributed by atoms with E-state index in [9.17, 15) is 8.42 Å². The second kappa shape index (κ2) is 6.34. The van der Waals surface area contributed by atoms with Crippen LogP contribution >= 0.6 is 0 Å². The first-order valence-corrected chi connectivity index (χ1v) is 10.4. The van der Waals surface area contributed by atoms with Gasteiger partial charge in [-0.05, 0) is 25.1 Å². The van der Waals surface area contributed by atoms with E-state index >= 15 is 0 Å². The number of hydrogen-bond acceptors (Lipinski definition) is 6. The summed E-state index contributed by atoms with van der Waals surface area (Å²) >= 11 is 0. The summed E-state index contributed by atoms with van der Waals surface area (Å²) in [5.74, 6) is 0.791. The number of pyridine rings is 1. The number of anilines is 1. The van der Waals surface area contributed by atoms with Gasteiger partial charge in [-0.1, -0.05) is 6.08 Å². The zero-order valence-corrected chi connectivity index (χ0v) is 16.2. The average Bonchev–Trinajstić information content (AvgIpc) is 3.31. The minimum Gasteiger partial charge on any atom is -0.354 e. The Bertz CT molecular complexity index is 1200. The topological polar surface area (TPSA) is 93.7 Å². The van der Waals surface area contributed by atoms with Crippen LogP contribution in [0.2, 0.25) is 0 Å². The highest BCUT2D eigenvalue weighted by Crippen LogP contribution is 2.31. The molecule has 140 valence electrons. The maximum Gasteiger partial charge on any atom is 0.204 e. The monoisotopic (exact) mass is 384 g/mol. The molecule has 0 aliphatic carbocycles. The molecule has 4 rings (SSSR count). The Morgan fingerprint density at radius 1 is 1.37 bits per heavy atom. The minimum absolute atomic E-state index is 0.165. The molecular formula is C18H20N6O2S. The maximum absolute atomic E-state index is 12.1. The molecule has 0 aromatic carbocycles. The van der Waals surface area contributed by atoms with E-state index in [-0.39, 0.29) is 5.03 Å². The Kier molecular flexibility index (Phi) is 4.11. The number of imidazole rings is 2. The van der Waals surface area contributed by atoms with Gasteiger partial charge in [0.1, 0.15) is 11.3 Å². The molecule has 1 aliphatic heterocycles. The van der Waals surface area contributed by atoms with Crippen molar-refractivity contribution in [2.45, 2.75) is 18.5 Å². The normalized spacial score (nSPS) is 14.9. The Morgan fingerprint density at radius 2 is 2.19 bits per heavy atom. The number of rotatable bonds is 4. The average molecular weight is 384 g/mol. The van der Waals surface area contributed by atoms with Crippen LogP contribution in [0, 0.1) is 0 Å². The maximum atomic E-state index is 12.1. The van der Waals surface area contributed by atoms with Crippen LogP contribution in [0.1, 0.15) is 12.6 Å². The van der Waals surface area contributed by atoms with Crippen LogP contribution in [0.5, 0.6) is 0 Å². The van der Waals surface area contributed by atoms with Crippen LogP contribution in [-0.4, -0.2) is 52.9 Å². The third-order valence-corrected chi connectivity index (χ3v) is 5.58. The molecule has 3 aromatic rings. The molecule has 9 heteroatoms. The molecule has 0 amide bonds. The zero-order valence-electron chi connectivity index (χ0n) is 15.3. The van der Waals surface area contributed by atoms with E-state index in [2.05, 4.69) is 19.9 Å². The van der Waals surface area contributed by atoms with E-state index in [4.69, 9.17) is 4.98 Å². The van der Waals surface area contributed by atoms with E-state index in [0.717, 1.165) is 41.7 Å². The lowest BCUT2D eigenvalue weighted by atomic mass is 10.1. The van der Waals surface area contributed by atoms with Gasteiger partial charge in [0.25, 0.3) is 0 Å². The fourth-order valence-corrected chi connectivity index (χ4v) is 4.09. The summed E-state index contributed by atoms with van der Waals surface area (Å²) in [6.45, 7) is 3.52. The van der Waals surface area contributed by atoms with Crippen molar-refractivity contribution in [3.8, 4) is 11.3 Å². The lowest BCUT2D eigenvalue weighted by Gasteiger charge is -2.09. The Labute approximate surface area is 157 Å². The van der Waals surface area contributed by atoms with Gasteiger partial charge in [0.15, 0.2) is 14.9 Å². The third kappa shape index (κ3) is 2.84. The van der Waals surface area contributed by atoms with Crippen LogP contribution in [0.25, 0.3) is 16.9 Å². The highest BCUT2D eigenvalue weighted by molar-refractivity contribution is 7.90. The fraction of sp³-hybridized carbons (Fsp3) is 0.278. The Hall–Kier alpha value is -2.94. The Morgan fingerprint density at radius 3 is 2.89 bits per heavy atom. The van der Waals surface area contributed by atoms with Gasteiger partial charge in [0, 0.05) is 38.2 Å². The van der Waals surface area contributed by atoms with Crippen molar-refractivity contribution in [3.63, 3.8) is 0 Å². The quantitative estimate of drug-likeness (QED) is 0.695. The Balaban J connectivity index is 1.99. The highest BCUT2D eigenvalue weighted by Gasteiger charge is 2.25. The number of fused-ring (bicyclic) bond motifs is 2. The first-order chi connectivity index (χ1) is 12.9. The first kappa shape index (κ1) is 17.5. The molecular weight excluding hydrogens is 364 g/mol. The molecule has 0 saturated carbocycles. The van der Waals surface area contributed by atoms with Crippen molar-refractivity contribution < 1.29 is 8.42 Å². The largest absolute Gasteiger partial charge is 0.354 e. The molecule has 1 aliphatic rings. The lowest BCUT2D eigenvalue weighted by Crippen LogP contribution is -2.06. The summed E-state index contributed by atoms with van der Waals surface area (Å²) in [4.78, 5) is 13.3.